The number of aliphatic hydroxyl groups excluding tert-OH is 1. The van der Waals surface area contributed by atoms with Crippen molar-refractivity contribution in [2.24, 2.45) is 5.92 Å². The van der Waals surface area contributed by atoms with E-state index < -0.39 is 0 Å². The van der Waals surface area contributed by atoms with Crippen molar-refractivity contribution in [2.75, 3.05) is 13.1 Å². The highest BCUT2D eigenvalue weighted by Crippen LogP contribution is 2.31. The maximum absolute atomic E-state index is 12.6. The van der Waals surface area contributed by atoms with E-state index in [-0.39, 0.29) is 12.5 Å². The van der Waals surface area contributed by atoms with Crippen molar-refractivity contribution in [2.45, 2.75) is 64.4 Å². The van der Waals surface area contributed by atoms with Gasteiger partial charge in [-0.1, -0.05) is 19.3 Å². The van der Waals surface area contributed by atoms with Crippen LogP contribution in [0.5, 0.6) is 0 Å². The summed E-state index contributed by atoms with van der Waals surface area (Å²) >= 11 is 0. The summed E-state index contributed by atoms with van der Waals surface area (Å²) in [5.74, 6) is 1.70. The molecule has 1 N–H and O–H groups in total. The SMILES string of the molecule is Cc1ncc(CO)c(C2CCN(C(=O)C3CCCCC3)CC2)n1. The Balaban J connectivity index is 1.62. The second-order valence-corrected chi connectivity index (χ2v) is 6.92. The molecule has 3 rings (SSSR count). The van der Waals surface area contributed by atoms with Crippen molar-refractivity contribution in [3.63, 3.8) is 0 Å². The van der Waals surface area contributed by atoms with Gasteiger partial charge in [0, 0.05) is 36.7 Å². The predicted molar refractivity (Wildman–Crippen MR) is 87.8 cm³/mol. The van der Waals surface area contributed by atoms with Gasteiger partial charge in [-0.3, -0.25) is 4.79 Å². The van der Waals surface area contributed by atoms with E-state index in [9.17, 15) is 9.90 Å². The van der Waals surface area contributed by atoms with Crippen LogP contribution >= 0.6 is 0 Å². The number of carbonyl (C=O) groups is 1. The smallest absolute Gasteiger partial charge is 0.225 e. The third-order valence-electron chi connectivity index (χ3n) is 5.34. The molecule has 0 radical (unpaired) electrons. The van der Waals surface area contributed by atoms with E-state index in [2.05, 4.69) is 14.9 Å². The first-order valence-electron chi connectivity index (χ1n) is 8.91. The van der Waals surface area contributed by atoms with Gasteiger partial charge in [-0.25, -0.2) is 9.97 Å². The molecule has 0 aromatic carbocycles. The molecule has 1 aliphatic heterocycles. The molecule has 1 aliphatic carbocycles. The van der Waals surface area contributed by atoms with Crippen LogP contribution in [0, 0.1) is 12.8 Å². The van der Waals surface area contributed by atoms with Crippen molar-refractivity contribution in [3.8, 4) is 0 Å². The van der Waals surface area contributed by atoms with Gasteiger partial charge in [-0.2, -0.15) is 0 Å². The van der Waals surface area contributed by atoms with Gasteiger partial charge in [0.2, 0.25) is 5.91 Å². The van der Waals surface area contributed by atoms with Gasteiger partial charge in [-0.15, -0.1) is 0 Å². The Bertz CT molecular complexity index is 547. The van der Waals surface area contributed by atoms with Crippen LogP contribution < -0.4 is 0 Å². The lowest BCUT2D eigenvalue weighted by atomic mass is 9.86. The van der Waals surface area contributed by atoms with Crippen molar-refractivity contribution < 1.29 is 9.90 Å². The van der Waals surface area contributed by atoms with E-state index in [0.29, 0.717) is 11.8 Å². The minimum atomic E-state index is -0.0170. The number of piperidine rings is 1. The molecule has 0 unspecified atom stereocenters. The Morgan fingerprint density at radius 2 is 1.91 bits per heavy atom. The first kappa shape index (κ1) is 16.4. The number of aliphatic hydroxyl groups is 1. The molecule has 0 bridgehead atoms. The summed E-state index contributed by atoms with van der Waals surface area (Å²) < 4.78 is 0. The highest BCUT2D eigenvalue weighted by atomic mass is 16.3. The van der Waals surface area contributed by atoms with Crippen molar-refractivity contribution in [3.05, 3.63) is 23.3 Å². The third-order valence-corrected chi connectivity index (χ3v) is 5.34. The van der Waals surface area contributed by atoms with E-state index in [4.69, 9.17) is 0 Å². The van der Waals surface area contributed by atoms with Gasteiger partial charge < -0.3 is 10.0 Å². The van der Waals surface area contributed by atoms with Crippen LogP contribution in [0.4, 0.5) is 0 Å². The molecule has 2 fully saturated rings. The summed E-state index contributed by atoms with van der Waals surface area (Å²) in [6.45, 7) is 3.49. The second-order valence-electron chi connectivity index (χ2n) is 6.92. The largest absolute Gasteiger partial charge is 0.392 e. The number of hydrogen-bond donors (Lipinski definition) is 1. The minimum absolute atomic E-state index is 0.0170. The molecule has 1 saturated carbocycles. The molecule has 5 nitrogen and oxygen atoms in total. The topological polar surface area (TPSA) is 66.3 Å². The number of carbonyl (C=O) groups excluding carboxylic acids is 1. The number of aryl methyl sites for hydroxylation is 1. The molecular formula is C18H27N3O2. The van der Waals surface area contributed by atoms with Crippen molar-refractivity contribution >= 4 is 5.91 Å². The molecule has 2 aliphatic rings. The van der Waals surface area contributed by atoms with E-state index in [1.165, 1.54) is 19.3 Å². The van der Waals surface area contributed by atoms with Crippen LogP contribution in [-0.2, 0) is 11.4 Å². The molecule has 2 heterocycles. The number of hydrogen-bond acceptors (Lipinski definition) is 4. The summed E-state index contributed by atoms with van der Waals surface area (Å²) in [6.07, 6.45) is 9.42. The molecule has 1 aromatic rings. The van der Waals surface area contributed by atoms with Crippen LogP contribution in [0.2, 0.25) is 0 Å². The number of amides is 1. The lowest BCUT2D eigenvalue weighted by molar-refractivity contribution is -0.137. The zero-order valence-corrected chi connectivity index (χ0v) is 14.0. The fourth-order valence-electron chi connectivity index (χ4n) is 3.97. The third kappa shape index (κ3) is 3.71. The zero-order chi connectivity index (χ0) is 16.2. The molecule has 126 valence electrons. The highest BCUT2D eigenvalue weighted by molar-refractivity contribution is 5.79. The van der Waals surface area contributed by atoms with Crippen LogP contribution in [0.15, 0.2) is 6.20 Å². The highest BCUT2D eigenvalue weighted by Gasteiger charge is 2.30. The van der Waals surface area contributed by atoms with Gasteiger partial charge in [0.1, 0.15) is 5.82 Å². The zero-order valence-electron chi connectivity index (χ0n) is 14.0. The molecule has 23 heavy (non-hydrogen) atoms. The number of nitrogens with zero attached hydrogens (tertiary/aromatic N) is 3. The van der Waals surface area contributed by atoms with Gasteiger partial charge >= 0.3 is 0 Å². The van der Waals surface area contributed by atoms with Crippen LogP contribution in [-0.4, -0.2) is 39.0 Å². The van der Waals surface area contributed by atoms with Crippen LogP contribution in [0.3, 0.4) is 0 Å². The first-order valence-corrected chi connectivity index (χ1v) is 8.91. The average Bonchev–Trinajstić information content (AvgIpc) is 2.62. The van der Waals surface area contributed by atoms with Gasteiger partial charge in [-0.05, 0) is 32.6 Å². The number of likely N-dealkylation sites (tertiary alicyclic amines) is 1. The van der Waals surface area contributed by atoms with Crippen LogP contribution in [0.25, 0.3) is 0 Å². The van der Waals surface area contributed by atoms with Gasteiger partial charge in [0.05, 0.1) is 12.3 Å². The minimum Gasteiger partial charge on any atom is -0.392 e. The monoisotopic (exact) mass is 317 g/mol. The molecule has 0 atom stereocenters. The van der Waals surface area contributed by atoms with E-state index >= 15 is 0 Å². The Kier molecular flexibility index (Phi) is 5.26. The quantitative estimate of drug-likeness (QED) is 0.930. The van der Waals surface area contributed by atoms with Gasteiger partial charge in [0.25, 0.3) is 0 Å². The Hall–Kier alpha value is -1.49. The fraction of sp³-hybridized carbons (Fsp3) is 0.722. The van der Waals surface area contributed by atoms with Crippen molar-refractivity contribution in [1.29, 1.82) is 0 Å². The summed E-state index contributed by atoms with van der Waals surface area (Å²) in [6, 6.07) is 0. The molecule has 1 aromatic heterocycles. The molecule has 1 amide bonds. The lowest BCUT2D eigenvalue weighted by Crippen LogP contribution is -2.42. The maximum atomic E-state index is 12.6. The molecule has 1 saturated heterocycles. The fourth-order valence-corrected chi connectivity index (χ4v) is 3.97. The van der Waals surface area contributed by atoms with E-state index in [1.54, 1.807) is 6.20 Å². The molecular weight excluding hydrogens is 290 g/mol. The van der Waals surface area contributed by atoms with Crippen LogP contribution in [0.1, 0.15) is 67.9 Å². The summed E-state index contributed by atoms with van der Waals surface area (Å²) in [5.41, 5.74) is 1.80. The lowest BCUT2D eigenvalue weighted by Gasteiger charge is -2.35. The summed E-state index contributed by atoms with van der Waals surface area (Å²) in [5, 5.41) is 9.51. The first-order chi connectivity index (χ1) is 11.2. The van der Waals surface area contributed by atoms with Gasteiger partial charge in [0.15, 0.2) is 0 Å². The summed E-state index contributed by atoms with van der Waals surface area (Å²) in [4.78, 5) is 23.4. The second kappa shape index (κ2) is 7.39. The molecule has 0 spiro atoms. The summed E-state index contributed by atoms with van der Waals surface area (Å²) in [7, 11) is 0. The predicted octanol–water partition coefficient (Wildman–Crippen LogP) is 2.56. The number of aromatic nitrogens is 2. The number of rotatable bonds is 3. The normalized spacial score (nSPS) is 20.7. The average molecular weight is 317 g/mol. The van der Waals surface area contributed by atoms with E-state index in [1.807, 2.05) is 6.92 Å². The Morgan fingerprint density at radius 1 is 1.22 bits per heavy atom. The maximum Gasteiger partial charge on any atom is 0.225 e. The standard InChI is InChI=1S/C18H27N3O2/c1-13-19-11-16(12-22)17(20-13)14-7-9-21(10-8-14)18(23)15-5-3-2-4-6-15/h11,14-15,22H,2-10,12H2,1H3. The van der Waals surface area contributed by atoms with E-state index in [0.717, 1.165) is 55.9 Å². The Morgan fingerprint density at radius 3 is 2.57 bits per heavy atom. The molecule has 5 heteroatoms. The Labute approximate surface area is 138 Å². The van der Waals surface area contributed by atoms with Crippen molar-refractivity contribution in [1.82, 2.24) is 14.9 Å².